The number of hydrogen-bond donors (Lipinski definition) is 2. The summed E-state index contributed by atoms with van der Waals surface area (Å²) in [5.41, 5.74) is 7.43. The number of benzene rings is 2. The van der Waals surface area contributed by atoms with Gasteiger partial charge >= 0.3 is 6.36 Å². The van der Waals surface area contributed by atoms with Gasteiger partial charge in [-0.1, -0.05) is 23.4 Å². The third kappa shape index (κ3) is 4.94. The Balaban J connectivity index is 1.50. The molecule has 3 aromatic rings. The zero-order valence-electron chi connectivity index (χ0n) is 16.1. The Hall–Kier alpha value is -3.60. The van der Waals surface area contributed by atoms with Gasteiger partial charge in [-0.2, -0.15) is 4.98 Å². The molecule has 1 fully saturated rings. The molecule has 0 radical (unpaired) electrons. The number of anilines is 1. The number of rotatable bonds is 6. The molecular formula is C20H18F3N5O3. The van der Waals surface area contributed by atoms with Crippen LogP contribution in [0.25, 0.3) is 11.1 Å². The zero-order valence-corrected chi connectivity index (χ0v) is 16.1. The van der Waals surface area contributed by atoms with Gasteiger partial charge in [-0.15, -0.1) is 13.2 Å². The van der Waals surface area contributed by atoms with Gasteiger partial charge in [0.1, 0.15) is 12.3 Å². The van der Waals surface area contributed by atoms with Crippen molar-refractivity contribution in [3.63, 3.8) is 0 Å². The molecule has 4 N–H and O–H groups in total. The van der Waals surface area contributed by atoms with Crippen LogP contribution in [-0.4, -0.2) is 27.4 Å². The Labute approximate surface area is 174 Å². The summed E-state index contributed by atoms with van der Waals surface area (Å²) in [5.74, 6) is 6.10. The lowest BCUT2D eigenvalue weighted by atomic mass is 10.0. The Morgan fingerprint density at radius 2 is 1.84 bits per heavy atom. The summed E-state index contributed by atoms with van der Waals surface area (Å²) in [6.07, 6.45) is -2.77. The van der Waals surface area contributed by atoms with Crippen molar-refractivity contribution in [2.45, 2.75) is 31.7 Å². The topological polar surface area (TPSA) is 120 Å². The van der Waals surface area contributed by atoms with Crippen LogP contribution in [-0.2, 0) is 6.54 Å². The number of nitrogens with zero attached hydrogens (tertiary/aromatic N) is 3. The molecule has 0 bridgehead atoms. The number of halogens is 3. The highest BCUT2D eigenvalue weighted by Crippen LogP contribution is 2.38. The summed E-state index contributed by atoms with van der Waals surface area (Å²) in [6.45, 7) is -0.0673. The minimum Gasteiger partial charge on any atom is -0.406 e. The number of carbonyl (C=O) groups excluding carboxylic acids is 1. The molecule has 8 nitrogen and oxygen atoms in total. The summed E-state index contributed by atoms with van der Waals surface area (Å²) in [7, 11) is 0. The molecule has 1 amide bonds. The molecule has 0 atom stereocenters. The quantitative estimate of drug-likeness (QED) is 0.264. The lowest BCUT2D eigenvalue weighted by Gasteiger charge is -2.16. The highest BCUT2D eigenvalue weighted by molar-refractivity contribution is 6.00. The highest BCUT2D eigenvalue weighted by Gasteiger charge is 2.31. The van der Waals surface area contributed by atoms with Crippen molar-refractivity contribution in [2.75, 3.05) is 5.73 Å². The van der Waals surface area contributed by atoms with Crippen LogP contribution >= 0.6 is 0 Å². The van der Waals surface area contributed by atoms with E-state index >= 15 is 0 Å². The fourth-order valence-corrected chi connectivity index (χ4v) is 2.98. The Morgan fingerprint density at radius 1 is 1.16 bits per heavy atom. The summed E-state index contributed by atoms with van der Waals surface area (Å²) < 4.78 is 46.0. The number of hydrogen-bond acceptors (Lipinski definition) is 7. The highest BCUT2D eigenvalue weighted by atomic mass is 19.4. The molecule has 0 aliphatic heterocycles. The van der Waals surface area contributed by atoms with Gasteiger partial charge in [0.15, 0.2) is 5.82 Å². The summed E-state index contributed by atoms with van der Waals surface area (Å²) in [5, 5.41) is 4.76. The van der Waals surface area contributed by atoms with Gasteiger partial charge in [0, 0.05) is 11.6 Å². The van der Waals surface area contributed by atoms with Crippen LogP contribution < -0.4 is 16.3 Å². The number of carbonyl (C=O) groups is 1. The molecule has 1 saturated carbocycles. The number of aromatic nitrogens is 2. The monoisotopic (exact) mass is 433 g/mol. The fraction of sp³-hybridized carbons (Fsp3) is 0.250. The van der Waals surface area contributed by atoms with Crippen LogP contribution in [0.4, 0.5) is 18.9 Å². The molecule has 1 heterocycles. The van der Waals surface area contributed by atoms with Crippen molar-refractivity contribution in [3.8, 4) is 16.9 Å². The molecule has 162 valence electrons. The maximum absolute atomic E-state index is 12.8. The number of amides is 1. The molecule has 0 spiro atoms. The average molecular weight is 433 g/mol. The summed E-state index contributed by atoms with van der Waals surface area (Å²) in [6, 6.07) is 9.94. The van der Waals surface area contributed by atoms with E-state index in [0.29, 0.717) is 17.0 Å². The predicted octanol–water partition coefficient (Wildman–Crippen LogP) is 3.61. The van der Waals surface area contributed by atoms with Gasteiger partial charge in [-0.3, -0.25) is 9.80 Å². The first-order valence-electron chi connectivity index (χ1n) is 9.34. The van der Waals surface area contributed by atoms with Crippen molar-refractivity contribution in [1.82, 2.24) is 15.1 Å². The van der Waals surface area contributed by atoms with Crippen LogP contribution in [0.15, 0.2) is 47.0 Å². The molecule has 4 rings (SSSR count). The van der Waals surface area contributed by atoms with Gasteiger partial charge in [-0.05, 0) is 48.2 Å². The van der Waals surface area contributed by atoms with Crippen molar-refractivity contribution >= 4 is 11.6 Å². The first-order chi connectivity index (χ1) is 14.7. The second-order valence-electron chi connectivity index (χ2n) is 7.13. The standard InChI is InChI=1S/C20H18F3N5O3/c21-20(22,23)30-14-6-3-11(4-7-14)13-5-8-16(24)15(9-13)19(29)28(25)10-17-26-18(31-27-17)12-1-2-12/h3-9,12H,1-2,10,24-25H2. The lowest BCUT2D eigenvalue weighted by molar-refractivity contribution is -0.274. The number of ether oxygens (including phenoxy) is 1. The van der Waals surface area contributed by atoms with Gasteiger partial charge in [0.25, 0.3) is 5.91 Å². The molecule has 1 aromatic heterocycles. The second-order valence-corrected chi connectivity index (χ2v) is 7.13. The summed E-state index contributed by atoms with van der Waals surface area (Å²) >= 11 is 0. The van der Waals surface area contributed by atoms with Crippen molar-refractivity contribution in [2.24, 2.45) is 5.84 Å². The first kappa shape index (κ1) is 20.7. The maximum Gasteiger partial charge on any atom is 0.573 e. The van der Waals surface area contributed by atoms with E-state index in [9.17, 15) is 18.0 Å². The normalized spacial score (nSPS) is 13.8. The first-order valence-corrected chi connectivity index (χ1v) is 9.34. The zero-order chi connectivity index (χ0) is 22.2. The average Bonchev–Trinajstić information content (AvgIpc) is 3.46. The van der Waals surface area contributed by atoms with Crippen molar-refractivity contribution in [3.05, 3.63) is 59.7 Å². The van der Waals surface area contributed by atoms with E-state index in [1.54, 1.807) is 6.07 Å². The maximum atomic E-state index is 12.8. The minimum absolute atomic E-state index is 0.0673. The molecular weight excluding hydrogens is 415 g/mol. The van der Waals surface area contributed by atoms with Gasteiger partial charge in [-0.25, -0.2) is 5.84 Å². The van der Waals surface area contributed by atoms with Gasteiger partial charge in [0.05, 0.1) is 5.56 Å². The number of nitrogens with two attached hydrogens (primary N) is 2. The van der Waals surface area contributed by atoms with E-state index in [1.165, 1.54) is 36.4 Å². The van der Waals surface area contributed by atoms with Crippen LogP contribution in [0.5, 0.6) is 5.75 Å². The second kappa shape index (κ2) is 7.91. The Bertz CT molecular complexity index is 1090. The fourth-order valence-electron chi connectivity index (χ4n) is 2.98. The van der Waals surface area contributed by atoms with Gasteiger partial charge in [0.2, 0.25) is 5.89 Å². The van der Waals surface area contributed by atoms with Crippen LogP contribution in [0.1, 0.15) is 40.8 Å². The lowest BCUT2D eigenvalue weighted by Crippen LogP contribution is -2.37. The van der Waals surface area contributed by atoms with Gasteiger partial charge < -0.3 is 15.0 Å². The van der Waals surface area contributed by atoms with E-state index in [-0.39, 0.29) is 35.3 Å². The molecule has 0 saturated heterocycles. The molecule has 2 aromatic carbocycles. The molecule has 1 aliphatic rings. The number of alkyl halides is 3. The Kier molecular flexibility index (Phi) is 5.27. The largest absolute Gasteiger partial charge is 0.573 e. The molecule has 31 heavy (non-hydrogen) atoms. The SMILES string of the molecule is Nc1ccc(-c2ccc(OC(F)(F)F)cc2)cc1C(=O)N(N)Cc1noc(C2CC2)n1. The van der Waals surface area contributed by atoms with Crippen molar-refractivity contribution < 1.29 is 27.2 Å². The predicted molar refractivity (Wildman–Crippen MR) is 103 cm³/mol. The van der Waals surface area contributed by atoms with Crippen molar-refractivity contribution in [1.29, 1.82) is 0 Å². The Morgan fingerprint density at radius 3 is 2.48 bits per heavy atom. The minimum atomic E-state index is -4.77. The van der Waals surface area contributed by atoms with Crippen LogP contribution in [0.2, 0.25) is 0 Å². The van der Waals surface area contributed by atoms with E-state index in [1.807, 2.05) is 0 Å². The summed E-state index contributed by atoms with van der Waals surface area (Å²) in [4.78, 5) is 17.0. The van der Waals surface area contributed by atoms with Crippen LogP contribution in [0.3, 0.4) is 0 Å². The van der Waals surface area contributed by atoms with E-state index in [4.69, 9.17) is 16.1 Å². The van der Waals surface area contributed by atoms with E-state index in [0.717, 1.165) is 17.9 Å². The third-order valence-corrected chi connectivity index (χ3v) is 4.69. The number of hydrazine groups is 1. The molecule has 1 aliphatic carbocycles. The smallest absolute Gasteiger partial charge is 0.406 e. The molecule has 11 heteroatoms. The molecule has 0 unspecified atom stereocenters. The van der Waals surface area contributed by atoms with E-state index in [2.05, 4.69) is 14.9 Å². The van der Waals surface area contributed by atoms with E-state index < -0.39 is 12.3 Å². The van der Waals surface area contributed by atoms with Crippen LogP contribution in [0, 0.1) is 0 Å². The third-order valence-electron chi connectivity index (χ3n) is 4.69. The number of nitrogen functional groups attached to an aromatic ring is 1.